The van der Waals surface area contributed by atoms with Crippen LogP contribution in [0.15, 0.2) is 24.8 Å². The van der Waals surface area contributed by atoms with Crippen molar-refractivity contribution < 1.29 is 13.6 Å². The van der Waals surface area contributed by atoms with Crippen LogP contribution in [0.5, 0.6) is 0 Å². The molecule has 146 valence electrons. The lowest BCUT2D eigenvalue weighted by molar-refractivity contribution is -0.107. The average Bonchev–Trinajstić information content (AvgIpc) is 2.41. The number of aldehydes is 1. The Morgan fingerprint density at radius 1 is 0.880 bits per heavy atom. The Labute approximate surface area is 158 Å². The van der Waals surface area contributed by atoms with Gasteiger partial charge >= 0.3 is 0 Å². The molecular weight excluding hydrogens is 344 g/mol. The van der Waals surface area contributed by atoms with Crippen LogP contribution in [0.1, 0.15) is 48.0 Å². The molecule has 2 atom stereocenters. The van der Waals surface area contributed by atoms with Crippen molar-refractivity contribution in [2.45, 2.75) is 96.4 Å². The first-order valence-corrected chi connectivity index (χ1v) is 15.0. The van der Waals surface area contributed by atoms with E-state index in [0.717, 1.165) is 6.29 Å². The first-order valence-electron chi connectivity index (χ1n) is 9.17. The lowest BCUT2D eigenvalue weighted by atomic mass is 10.2. The molecule has 0 heterocycles. The maximum Gasteiger partial charge on any atom is 0.193 e. The van der Waals surface area contributed by atoms with Crippen molar-refractivity contribution in [2.24, 2.45) is 0 Å². The van der Waals surface area contributed by atoms with Crippen molar-refractivity contribution in [3.05, 3.63) is 24.8 Å². The van der Waals surface area contributed by atoms with Crippen LogP contribution in [0.4, 0.5) is 0 Å². The summed E-state index contributed by atoms with van der Waals surface area (Å²) in [5.74, 6) is 0. The summed E-state index contributed by atoms with van der Waals surface area (Å²) in [6, 6.07) is 0. The third kappa shape index (κ3) is 7.33. The van der Waals surface area contributed by atoms with E-state index >= 15 is 0 Å². The largest absolute Gasteiger partial charge is 0.408 e. The van der Waals surface area contributed by atoms with Gasteiger partial charge in [-0.1, -0.05) is 59.8 Å². The number of rotatable bonds is 9. The third-order valence-electron chi connectivity index (χ3n) is 5.59. The average molecular weight is 385 g/mol. The Morgan fingerprint density at radius 3 is 1.60 bits per heavy atom. The quantitative estimate of drug-likeness (QED) is 0.274. The van der Waals surface area contributed by atoms with Gasteiger partial charge in [-0.2, -0.15) is 0 Å². The lowest BCUT2D eigenvalue weighted by Gasteiger charge is -2.43. The zero-order valence-corrected chi connectivity index (χ0v) is 20.1. The Hall–Kier alpha value is -0.496. The highest BCUT2D eigenvalue weighted by Gasteiger charge is 2.43. The van der Waals surface area contributed by atoms with Crippen molar-refractivity contribution in [3.8, 4) is 0 Å². The van der Waals surface area contributed by atoms with Crippen LogP contribution in [0.3, 0.4) is 0 Å². The van der Waals surface area contributed by atoms with Crippen molar-refractivity contribution in [2.75, 3.05) is 0 Å². The van der Waals surface area contributed by atoms with Gasteiger partial charge in [-0.3, -0.25) is 0 Å². The molecule has 0 aromatic rings. The summed E-state index contributed by atoms with van der Waals surface area (Å²) in [6.07, 6.45) is 6.57. The van der Waals surface area contributed by atoms with Gasteiger partial charge in [-0.05, 0) is 36.3 Å². The molecule has 0 saturated carbocycles. The molecule has 0 aliphatic heterocycles. The maximum absolute atomic E-state index is 10.7. The summed E-state index contributed by atoms with van der Waals surface area (Å²) in [6.45, 7) is 26.3. The SMILES string of the molecule is C=C[C@H](O[Si](C)(C)C(C)(C)C)[C@H](/C=C\CC=O)O[Si](C)(C)C(C)(C)C. The standard InChI is InChI=1S/C20H40O3Si2/c1-12-17(22-24(8,9)19(2,3)4)18(15-13-14-16-21)23-25(10,11)20(5,6)7/h12-13,15-18H,1,14H2,2-11H3/b15-13-/t17-,18-/m0/s1. The summed E-state index contributed by atoms with van der Waals surface area (Å²) in [7, 11) is -3.94. The van der Waals surface area contributed by atoms with Gasteiger partial charge in [0.1, 0.15) is 6.29 Å². The van der Waals surface area contributed by atoms with E-state index in [1.54, 1.807) is 0 Å². The molecule has 3 nitrogen and oxygen atoms in total. The third-order valence-corrected chi connectivity index (χ3v) is 14.5. The molecule has 25 heavy (non-hydrogen) atoms. The normalized spacial score (nSPS) is 16.7. The van der Waals surface area contributed by atoms with Crippen LogP contribution in [-0.4, -0.2) is 35.1 Å². The summed E-state index contributed by atoms with van der Waals surface area (Å²) in [5, 5.41) is 0.217. The highest BCUT2D eigenvalue weighted by Crippen LogP contribution is 2.40. The molecule has 0 spiro atoms. The minimum absolute atomic E-state index is 0.104. The Morgan fingerprint density at radius 2 is 1.28 bits per heavy atom. The second-order valence-electron chi connectivity index (χ2n) is 9.75. The van der Waals surface area contributed by atoms with Gasteiger partial charge in [0.05, 0.1) is 12.2 Å². The summed E-state index contributed by atoms with van der Waals surface area (Å²) in [5.41, 5.74) is 0. The molecule has 0 saturated heterocycles. The first kappa shape index (κ1) is 24.5. The van der Waals surface area contributed by atoms with Crippen molar-refractivity contribution >= 4 is 22.9 Å². The van der Waals surface area contributed by atoms with Gasteiger partial charge in [0.2, 0.25) is 0 Å². The van der Waals surface area contributed by atoms with Crippen LogP contribution >= 0.6 is 0 Å². The van der Waals surface area contributed by atoms with Crippen LogP contribution in [0.2, 0.25) is 36.3 Å². The van der Waals surface area contributed by atoms with E-state index in [1.807, 2.05) is 18.2 Å². The van der Waals surface area contributed by atoms with Crippen molar-refractivity contribution in [1.29, 1.82) is 0 Å². The molecule has 0 fully saturated rings. The second-order valence-corrected chi connectivity index (χ2v) is 19.3. The van der Waals surface area contributed by atoms with E-state index in [9.17, 15) is 4.79 Å². The minimum Gasteiger partial charge on any atom is -0.408 e. The highest BCUT2D eigenvalue weighted by atomic mass is 28.4. The molecular formula is C20H40O3Si2. The Bertz CT molecular complexity index is 468. The zero-order valence-electron chi connectivity index (χ0n) is 18.1. The molecule has 0 rings (SSSR count). The van der Waals surface area contributed by atoms with Gasteiger partial charge in [0.25, 0.3) is 0 Å². The van der Waals surface area contributed by atoms with Crippen LogP contribution < -0.4 is 0 Å². The molecule has 0 N–H and O–H groups in total. The topological polar surface area (TPSA) is 35.5 Å². The molecule has 0 amide bonds. The lowest BCUT2D eigenvalue weighted by Crippen LogP contribution is -2.50. The first-order chi connectivity index (χ1) is 11.1. The molecule has 0 aromatic heterocycles. The van der Waals surface area contributed by atoms with Crippen LogP contribution in [-0.2, 0) is 13.6 Å². The van der Waals surface area contributed by atoms with Gasteiger partial charge in [-0.15, -0.1) is 6.58 Å². The number of allylic oxidation sites excluding steroid dienone is 1. The van der Waals surface area contributed by atoms with Gasteiger partial charge in [-0.25, -0.2) is 0 Å². The molecule has 0 unspecified atom stereocenters. The van der Waals surface area contributed by atoms with Crippen molar-refractivity contribution in [1.82, 2.24) is 0 Å². The zero-order chi connectivity index (χ0) is 20.1. The molecule has 0 aliphatic carbocycles. The van der Waals surface area contributed by atoms with Gasteiger partial charge in [0, 0.05) is 6.42 Å². The predicted octanol–water partition coefficient (Wildman–Crippen LogP) is 6.10. The molecule has 0 aliphatic rings. The van der Waals surface area contributed by atoms with E-state index < -0.39 is 16.6 Å². The number of carbonyl (C=O) groups is 1. The monoisotopic (exact) mass is 384 g/mol. The fraction of sp³-hybridized carbons (Fsp3) is 0.750. The smallest absolute Gasteiger partial charge is 0.193 e. The summed E-state index contributed by atoms with van der Waals surface area (Å²) in [4.78, 5) is 10.7. The van der Waals surface area contributed by atoms with Crippen molar-refractivity contribution in [3.63, 3.8) is 0 Å². The van der Waals surface area contributed by atoms with E-state index in [4.69, 9.17) is 8.85 Å². The fourth-order valence-corrected chi connectivity index (χ4v) is 4.28. The predicted molar refractivity (Wildman–Crippen MR) is 114 cm³/mol. The minimum atomic E-state index is -1.98. The van der Waals surface area contributed by atoms with Crippen LogP contribution in [0.25, 0.3) is 0 Å². The summed E-state index contributed by atoms with van der Waals surface area (Å²) < 4.78 is 13.2. The molecule has 0 radical (unpaired) electrons. The molecule has 5 heteroatoms. The number of hydrogen-bond donors (Lipinski definition) is 0. The maximum atomic E-state index is 10.7. The van der Waals surface area contributed by atoms with E-state index in [-0.39, 0.29) is 22.3 Å². The van der Waals surface area contributed by atoms with E-state index in [2.05, 4.69) is 74.3 Å². The Kier molecular flexibility index (Phi) is 8.76. The van der Waals surface area contributed by atoms with Gasteiger partial charge in [0.15, 0.2) is 16.6 Å². The van der Waals surface area contributed by atoms with E-state index in [0.29, 0.717) is 6.42 Å². The summed E-state index contributed by atoms with van der Waals surface area (Å²) >= 11 is 0. The van der Waals surface area contributed by atoms with Gasteiger partial charge < -0.3 is 13.6 Å². The molecule has 0 aromatic carbocycles. The number of hydrogen-bond acceptors (Lipinski definition) is 3. The number of carbonyl (C=O) groups excluding carboxylic acids is 1. The van der Waals surface area contributed by atoms with Crippen LogP contribution in [0, 0.1) is 0 Å². The van der Waals surface area contributed by atoms with E-state index in [1.165, 1.54) is 0 Å². The highest BCUT2D eigenvalue weighted by molar-refractivity contribution is 6.74. The second kappa shape index (κ2) is 8.93. The fourth-order valence-electron chi connectivity index (χ4n) is 1.77. The molecule has 0 bridgehead atoms. The Balaban J connectivity index is 5.63.